The predicted octanol–water partition coefficient (Wildman–Crippen LogP) is 7.31. The molecule has 1 saturated carbocycles. The van der Waals surface area contributed by atoms with E-state index in [1.54, 1.807) is 31.6 Å². The van der Waals surface area contributed by atoms with Gasteiger partial charge in [0, 0.05) is 104 Å². The molecule has 11 nitrogen and oxygen atoms in total. The highest BCUT2D eigenvalue weighted by Crippen LogP contribution is 2.58. The summed E-state index contributed by atoms with van der Waals surface area (Å²) in [4.78, 5) is 26.2. The molecule has 1 aliphatic heterocycles. The average Bonchev–Trinajstić information content (AvgIpc) is 3.86. The van der Waals surface area contributed by atoms with E-state index in [9.17, 15) is 13.2 Å². The predicted molar refractivity (Wildman–Crippen MR) is 216 cm³/mol. The summed E-state index contributed by atoms with van der Waals surface area (Å²) < 4.78 is 46.2. The highest BCUT2D eigenvalue weighted by atomic mass is 32.7. The minimum atomic E-state index is -4.56. The van der Waals surface area contributed by atoms with Crippen LogP contribution in [0.5, 0.6) is 5.75 Å². The fourth-order valence-corrected chi connectivity index (χ4v) is 8.81. The first-order valence-corrected chi connectivity index (χ1v) is 21.2. The number of aromatic nitrogens is 4. The summed E-state index contributed by atoms with van der Waals surface area (Å²) >= 11 is 5.10. The quantitative estimate of drug-likeness (QED) is 0.0534. The Morgan fingerprint density at radius 2 is 1.81 bits per heavy atom. The molecule has 278 valence electrons. The summed E-state index contributed by atoms with van der Waals surface area (Å²) in [5, 5.41) is 9.56. The Morgan fingerprint density at radius 1 is 1.04 bits per heavy atom. The second kappa shape index (κ2) is 14.7. The molecule has 3 aromatic heterocycles. The molecule has 1 aliphatic carbocycles. The van der Waals surface area contributed by atoms with Gasteiger partial charge in [-0.25, -0.2) is 0 Å². The van der Waals surface area contributed by atoms with Crippen LogP contribution < -0.4 is 31.3 Å². The van der Waals surface area contributed by atoms with Crippen molar-refractivity contribution in [2.45, 2.75) is 24.9 Å². The van der Waals surface area contributed by atoms with Crippen molar-refractivity contribution >= 4 is 86.6 Å². The van der Waals surface area contributed by atoms with Crippen LogP contribution in [0.4, 0.5) is 42.0 Å². The van der Waals surface area contributed by atoms with Crippen LogP contribution in [-0.2, 0) is 0 Å². The van der Waals surface area contributed by atoms with Gasteiger partial charge >= 0.3 is 6.18 Å². The van der Waals surface area contributed by atoms with Crippen LogP contribution in [0, 0.1) is 0 Å². The number of allylic oxidation sites excluding steroid dienone is 1. The van der Waals surface area contributed by atoms with Crippen molar-refractivity contribution in [1.82, 2.24) is 24.8 Å². The molecule has 1 saturated heterocycles. The number of hydrogen-bond donors (Lipinski definition) is 5. The third-order valence-electron chi connectivity index (χ3n) is 9.41. The third-order valence-corrected chi connectivity index (χ3v) is 11.6. The first kappa shape index (κ1) is 36.8. The van der Waals surface area contributed by atoms with Crippen LogP contribution in [0.25, 0.3) is 27.5 Å². The number of likely N-dealkylation sites (N-methyl/N-ethyl adjacent to an activating group) is 1. The summed E-state index contributed by atoms with van der Waals surface area (Å²) in [5.41, 5.74) is 11.7. The topological polar surface area (TPSA) is 133 Å². The maximum atomic E-state index is 13.6. The van der Waals surface area contributed by atoms with Gasteiger partial charge in [0.05, 0.1) is 42.1 Å². The molecule has 5 aromatic rings. The number of alkyl halides is 3. The van der Waals surface area contributed by atoms with Crippen molar-refractivity contribution in [2.75, 3.05) is 75.7 Å². The zero-order valence-electron chi connectivity index (χ0n) is 30.0. The second-order valence-corrected chi connectivity index (χ2v) is 20.1. The van der Waals surface area contributed by atoms with E-state index in [4.69, 9.17) is 37.7 Å². The van der Waals surface area contributed by atoms with E-state index in [-0.39, 0.29) is 17.4 Å². The molecule has 53 heavy (non-hydrogen) atoms. The van der Waals surface area contributed by atoms with Crippen molar-refractivity contribution in [1.29, 1.82) is 0 Å². The summed E-state index contributed by atoms with van der Waals surface area (Å²) in [5.74, 6) is 1.16. The Labute approximate surface area is 311 Å². The van der Waals surface area contributed by atoms with Crippen molar-refractivity contribution in [2.24, 2.45) is 10.7 Å². The summed E-state index contributed by atoms with van der Waals surface area (Å²) in [6.45, 7) is 3.79. The van der Waals surface area contributed by atoms with E-state index >= 15 is 0 Å². The highest BCUT2D eigenvalue weighted by molar-refractivity contribution is 8.55. The lowest BCUT2D eigenvalue weighted by Gasteiger charge is -2.35. The molecule has 2 fully saturated rings. The SMILES string of the molecule is CN=CC(=CN)c1cc(Nc2nc(Nc3ccc4nc(C5CC5)ccc4c3[P+](C)(C)S)c3cc[nH]c3n2)c(OCC(F)(F)F)cc1N1CCN(C)CC1. The molecule has 0 atom stereocenters. The van der Waals surface area contributed by atoms with E-state index < -0.39 is 19.2 Å². The number of benzene rings is 2. The number of fused-ring (bicyclic) bond motifs is 2. The van der Waals surface area contributed by atoms with Crippen molar-refractivity contribution < 1.29 is 17.9 Å². The normalized spacial score (nSPS) is 16.2. The molecule has 4 heterocycles. The van der Waals surface area contributed by atoms with E-state index in [2.05, 4.69) is 55.9 Å². The van der Waals surface area contributed by atoms with Gasteiger partial charge in [0.1, 0.15) is 22.5 Å². The Balaban J connectivity index is 1.31. The molecule has 0 spiro atoms. The lowest BCUT2D eigenvalue weighted by atomic mass is 10.0. The highest BCUT2D eigenvalue weighted by Gasteiger charge is 2.33. The number of thiol groups is 1. The van der Waals surface area contributed by atoms with Crippen LogP contribution in [-0.4, -0.2) is 97.4 Å². The number of aliphatic imine (C=N–C) groups is 1. The molecule has 0 radical (unpaired) electrons. The number of nitrogens with zero attached hydrogens (tertiary/aromatic N) is 6. The third kappa shape index (κ3) is 8.17. The Hall–Kier alpha value is -4.59. The fraction of sp³-hybridized carbons (Fsp3) is 0.351. The number of anilines is 5. The molecule has 2 aromatic carbocycles. The second-order valence-electron chi connectivity index (χ2n) is 13.9. The van der Waals surface area contributed by atoms with Gasteiger partial charge in [-0.2, -0.15) is 23.1 Å². The number of piperazine rings is 1. The zero-order valence-corrected chi connectivity index (χ0v) is 31.8. The number of H-pyrrole nitrogens is 1. The molecule has 7 rings (SSSR count). The van der Waals surface area contributed by atoms with Gasteiger partial charge < -0.3 is 35.9 Å². The van der Waals surface area contributed by atoms with Crippen LogP contribution >= 0.6 is 18.7 Å². The lowest BCUT2D eigenvalue weighted by molar-refractivity contribution is -0.153. The molecule has 5 N–H and O–H groups in total. The molecule has 0 bridgehead atoms. The van der Waals surface area contributed by atoms with Crippen LogP contribution in [0.3, 0.4) is 0 Å². The fourth-order valence-electron chi connectivity index (χ4n) is 6.67. The maximum Gasteiger partial charge on any atom is 0.422 e. The van der Waals surface area contributed by atoms with Crippen LogP contribution in [0.15, 0.2) is 59.9 Å². The van der Waals surface area contributed by atoms with Crippen LogP contribution in [0.2, 0.25) is 0 Å². The maximum absolute atomic E-state index is 13.6. The van der Waals surface area contributed by atoms with Gasteiger partial charge in [-0.05, 0) is 56.3 Å². The first-order chi connectivity index (χ1) is 25.3. The Bertz CT molecular complexity index is 2210. The minimum Gasteiger partial charge on any atom is -0.482 e. The zero-order chi connectivity index (χ0) is 37.5. The molecule has 2 aliphatic rings. The first-order valence-electron chi connectivity index (χ1n) is 17.4. The van der Waals surface area contributed by atoms with Gasteiger partial charge in [-0.15, -0.1) is 0 Å². The molecular formula is C37H43F3N10OPS+. The Kier molecular flexibility index (Phi) is 10.2. The van der Waals surface area contributed by atoms with Crippen molar-refractivity contribution in [3.63, 3.8) is 0 Å². The van der Waals surface area contributed by atoms with Crippen molar-refractivity contribution in [3.05, 3.63) is 66.1 Å². The van der Waals surface area contributed by atoms with Gasteiger partial charge in [0.2, 0.25) is 5.95 Å². The number of rotatable bonds is 11. The minimum absolute atomic E-state index is 0.00832. The molecule has 16 heteroatoms. The van der Waals surface area contributed by atoms with E-state index in [1.807, 2.05) is 25.2 Å². The van der Waals surface area contributed by atoms with Gasteiger partial charge in [0.15, 0.2) is 6.61 Å². The largest absolute Gasteiger partial charge is 0.482 e. The molecular weight excluding hydrogens is 721 g/mol. The van der Waals surface area contributed by atoms with E-state index in [1.165, 1.54) is 19.0 Å². The number of halogens is 3. The average molecular weight is 764 g/mol. The van der Waals surface area contributed by atoms with Crippen LogP contribution in [0.1, 0.15) is 30.0 Å². The summed E-state index contributed by atoms with van der Waals surface area (Å²) in [6, 6.07) is 13.5. The number of pyridine rings is 1. The number of hydrogen-bond acceptors (Lipinski definition) is 11. The molecule has 0 unspecified atom stereocenters. The lowest BCUT2D eigenvalue weighted by Crippen LogP contribution is -2.44. The standard InChI is InChI=1S/C37H43F3N10OPS/c1-42-20-23(19-41)26-17-30(32(51-21-37(38,39)40)18-31(26)50-15-13-49(2)14-16-50)46-36-47-34-25(11-12-43-34)35(48-36)45-29-10-9-28-24(33(29)52(3,4)53)7-8-27(44-28)22-5-6-22/h7-12,17-20,22,53H,5-6,13-16,21,41H2,1-4H3,(H3,43,45,46,47,48)/q+1. The smallest absolute Gasteiger partial charge is 0.422 e. The number of ether oxygens (including phenoxy) is 1. The monoisotopic (exact) mass is 763 g/mol. The van der Waals surface area contributed by atoms with Gasteiger partial charge in [-0.3, -0.25) is 9.98 Å². The van der Waals surface area contributed by atoms with Crippen molar-refractivity contribution in [3.8, 4) is 5.75 Å². The Morgan fingerprint density at radius 3 is 2.49 bits per heavy atom. The summed E-state index contributed by atoms with van der Waals surface area (Å²) in [6.07, 6.45) is 2.59. The van der Waals surface area contributed by atoms with E-state index in [0.29, 0.717) is 47.3 Å². The number of aromatic amines is 1. The van der Waals surface area contributed by atoms with Gasteiger partial charge in [0.25, 0.3) is 0 Å². The molecule has 0 amide bonds. The van der Waals surface area contributed by atoms with Gasteiger partial charge in [-0.1, -0.05) is 0 Å². The van der Waals surface area contributed by atoms with E-state index in [0.717, 1.165) is 46.1 Å². The number of nitrogens with one attached hydrogen (secondary N) is 3. The summed E-state index contributed by atoms with van der Waals surface area (Å²) in [7, 11) is 3.66. The number of nitrogens with two attached hydrogens (primary N) is 1.